The predicted octanol–water partition coefficient (Wildman–Crippen LogP) is 12.1. The molecule has 45 heavy (non-hydrogen) atoms. The third kappa shape index (κ3) is 37.2. The molecule has 0 radical (unpaired) electrons. The van der Waals surface area contributed by atoms with Crippen molar-refractivity contribution in [3.8, 4) is 0 Å². The van der Waals surface area contributed by atoms with Crippen LogP contribution < -0.4 is 0 Å². The monoisotopic (exact) mass is 639 g/mol. The van der Waals surface area contributed by atoms with E-state index in [4.69, 9.17) is 9.47 Å². The van der Waals surface area contributed by atoms with Crippen molar-refractivity contribution in [1.82, 2.24) is 0 Å². The first kappa shape index (κ1) is 43.9. The van der Waals surface area contributed by atoms with E-state index in [1.807, 2.05) is 0 Å². The first-order chi connectivity index (χ1) is 21.8. The second-order valence-corrected chi connectivity index (χ2v) is 14.7. The lowest BCUT2D eigenvalue weighted by molar-refractivity contribution is -0.152. The molecular formula is C40H78O5. The van der Waals surface area contributed by atoms with Gasteiger partial charge >= 0.3 is 11.9 Å². The van der Waals surface area contributed by atoms with Crippen LogP contribution in [0.4, 0.5) is 0 Å². The Labute approximate surface area is 280 Å². The van der Waals surface area contributed by atoms with E-state index in [0.717, 1.165) is 37.5 Å². The van der Waals surface area contributed by atoms with Crippen molar-refractivity contribution in [3.63, 3.8) is 0 Å². The maximum atomic E-state index is 12.0. The van der Waals surface area contributed by atoms with Gasteiger partial charge in [-0.25, -0.2) is 0 Å². The summed E-state index contributed by atoms with van der Waals surface area (Å²) in [5.41, 5.74) is 0. The van der Waals surface area contributed by atoms with Crippen LogP contribution >= 0.6 is 0 Å². The number of hydrogen-bond donors (Lipinski definition) is 1. The molecule has 0 saturated heterocycles. The highest BCUT2D eigenvalue weighted by Crippen LogP contribution is 2.16. The molecular weight excluding hydrogens is 560 g/mol. The largest absolute Gasteiger partial charge is 0.463 e. The van der Waals surface area contributed by atoms with E-state index in [2.05, 4.69) is 27.7 Å². The van der Waals surface area contributed by atoms with Crippen molar-refractivity contribution in [2.24, 2.45) is 11.8 Å². The highest BCUT2D eigenvalue weighted by atomic mass is 16.6. The Balaban J connectivity index is 3.38. The minimum Gasteiger partial charge on any atom is -0.463 e. The van der Waals surface area contributed by atoms with Crippen molar-refractivity contribution in [1.29, 1.82) is 0 Å². The fraction of sp³-hybridized carbons (Fsp3) is 0.950. The molecule has 0 rings (SSSR count). The summed E-state index contributed by atoms with van der Waals surface area (Å²) in [4.78, 5) is 23.9. The van der Waals surface area contributed by atoms with E-state index in [1.165, 1.54) is 148 Å². The second kappa shape index (κ2) is 34.2. The standard InChI is InChI=1S/C40H78O5/c1-36(2)30-26-22-18-14-10-7-5-6-8-12-16-20-24-28-32-39(42)44-34-38(41)35-45-40(43)33-29-25-21-17-13-9-11-15-19-23-27-31-37(3)4/h36-38,41H,5-35H2,1-4H3/t38-/m0/s1. The van der Waals surface area contributed by atoms with Crippen molar-refractivity contribution in [3.05, 3.63) is 0 Å². The number of aliphatic hydroxyl groups is 1. The smallest absolute Gasteiger partial charge is 0.305 e. The summed E-state index contributed by atoms with van der Waals surface area (Å²) < 4.78 is 10.3. The molecule has 0 heterocycles. The number of aliphatic hydroxyl groups excluding tert-OH is 1. The van der Waals surface area contributed by atoms with Crippen LogP contribution in [-0.4, -0.2) is 36.4 Å². The number of carbonyl (C=O) groups excluding carboxylic acids is 2. The lowest BCUT2D eigenvalue weighted by atomic mass is 10.0. The SMILES string of the molecule is CC(C)CCCCCCCCCCCCCCCCC(=O)OC[C@H](O)COC(=O)CCCCCCCCCCCCCC(C)C. The summed E-state index contributed by atoms with van der Waals surface area (Å²) >= 11 is 0. The Morgan fingerprint density at radius 1 is 0.400 bits per heavy atom. The van der Waals surface area contributed by atoms with E-state index in [9.17, 15) is 14.7 Å². The van der Waals surface area contributed by atoms with Crippen molar-refractivity contribution in [2.45, 2.75) is 220 Å². The molecule has 268 valence electrons. The van der Waals surface area contributed by atoms with Crippen molar-refractivity contribution < 1.29 is 24.2 Å². The normalized spacial score (nSPS) is 12.2. The van der Waals surface area contributed by atoms with Gasteiger partial charge < -0.3 is 14.6 Å². The number of rotatable bonds is 35. The fourth-order valence-electron chi connectivity index (χ4n) is 5.93. The third-order valence-corrected chi connectivity index (χ3v) is 8.95. The number of carbonyl (C=O) groups is 2. The molecule has 0 aromatic rings. The average Bonchev–Trinajstić information content (AvgIpc) is 3.00. The Bertz CT molecular complexity index is 632. The number of hydrogen-bond acceptors (Lipinski definition) is 5. The molecule has 0 fully saturated rings. The topological polar surface area (TPSA) is 72.8 Å². The summed E-state index contributed by atoms with van der Waals surface area (Å²) in [6.45, 7) is 9.02. The third-order valence-electron chi connectivity index (χ3n) is 8.95. The van der Waals surface area contributed by atoms with Gasteiger partial charge in [0.15, 0.2) is 0 Å². The molecule has 0 aliphatic carbocycles. The maximum absolute atomic E-state index is 12.0. The molecule has 0 aliphatic heterocycles. The van der Waals surface area contributed by atoms with Gasteiger partial charge in [0, 0.05) is 12.8 Å². The highest BCUT2D eigenvalue weighted by Gasteiger charge is 2.12. The van der Waals surface area contributed by atoms with Crippen LogP contribution in [0, 0.1) is 11.8 Å². The zero-order chi connectivity index (χ0) is 33.2. The average molecular weight is 639 g/mol. The van der Waals surface area contributed by atoms with E-state index in [-0.39, 0.29) is 25.2 Å². The van der Waals surface area contributed by atoms with Crippen LogP contribution in [0.25, 0.3) is 0 Å². The van der Waals surface area contributed by atoms with E-state index >= 15 is 0 Å². The van der Waals surface area contributed by atoms with Gasteiger partial charge in [0.1, 0.15) is 19.3 Å². The van der Waals surface area contributed by atoms with Crippen molar-refractivity contribution >= 4 is 11.9 Å². The molecule has 0 unspecified atom stereocenters. The Hall–Kier alpha value is -1.10. The Morgan fingerprint density at radius 2 is 0.622 bits per heavy atom. The minimum atomic E-state index is -0.956. The van der Waals surface area contributed by atoms with E-state index in [1.54, 1.807) is 0 Å². The number of unbranched alkanes of at least 4 members (excludes halogenated alkanes) is 23. The molecule has 0 spiro atoms. The summed E-state index contributed by atoms with van der Waals surface area (Å²) in [6, 6.07) is 0. The maximum Gasteiger partial charge on any atom is 0.305 e. The van der Waals surface area contributed by atoms with Gasteiger partial charge in [0.2, 0.25) is 0 Å². The predicted molar refractivity (Wildman–Crippen MR) is 191 cm³/mol. The van der Waals surface area contributed by atoms with Crippen LogP contribution in [-0.2, 0) is 19.1 Å². The molecule has 5 heteroatoms. The molecule has 5 nitrogen and oxygen atoms in total. The molecule has 1 N–H and O–H groups in total. The van der Waals surface area contributed by atoms with Crippen LogP contribution in [0.5, 0.6) is 0 Å². The van der Waals surface area contributed by atoms with Gasteiger partial charge in [-0.15, -0.1) is 0 Å². The van der Waals surface area contributed by atoms with Gasteiger partial charge in [-0.1, -0.05) is 188 Å². The number of esters is 2. The summed E-state index contributed by atoms with van der Waals surface area (Å²) in [5.74, 6) is 1.13. The molecule has 0 amide bonds. The quantitative estimate of drug-likeness (QED) is 0.0552. The highest BCUT2D eigenvalue weighted by molar-refractivity contribution is 5.69. The lowest BCUT2D eigenvalue weighted by Crippen LogP contribution is -2.25. The van der Waals surface area contributed by atoms with Gasteiger partial charge in [-0.2, -0.15) is 0 Å². The van der Waals surface area contributed by atoms with Gasteiger partial charge in [0.05, 0.1) is 0 Å². The zero-order valence-corrected chi connectivity index (χ0v) is 30.7. The minimum absolute atomic E-state index is 0.109. The molecule has 0 bridgehead atoms. The first-order valence-electron chi connectivity index (χ1n) is 19.8. The summed E-state index contributed by atoms with van der Waals surface area (Å²) in [5, 5.41) is 10.0. The van der Waals surface area contributed by atoms with Crippen LogP contribution in [0.2, 0.25) is 0 Å². The molecule has 0 aromatic heterocycles. The van der Waals surface area contributed by atoms with Gasteiger partial charge in [0.25, 0.3) is 0 Å². The number of ether oxygens (including phenoxy) is 2. The van der Waals surface area contributed by atoms with E-state index < -0.39 is 6.10 Å². The fourth-order valence-corrected chi connectivity index (χ4v) is 5.93. The van der Waals surface area contributed by atoms with Gasteiger partial charge in [-0.05, 0) is 24.7 Å². The van der Waals surface area contributed by atoms with Crippen molar-refractivity contribution in [2.75, 3.05) is 13.2 Å². The molecule has 0 aliphatic rings. The Kier molecular flexibility index (Phi) is 33.4. The van der Waals surface area contributed by atoms with Crippen LogP contribution in [0.3, 0.4) is 0 Å². The molecule has 0 aromatic carbocycles. The van der Waals surface area contributed by atoms with Crippen LogP contribution in [0.1, 0.15) is 214 Å². The Morgan fingerprint density at radius 3 is 0.867 bits per heavy atom. The second-order valence-electron chi connectivity index (χ2n) is 14.7. The van der Waals surface area contributed by atoms with Gasteiger partial charge in [-0.3, -0.25) is 9.59 Å². The van der Waals surface area contributed by atoms with Crippen LogP contribution in [0.15, 0.2) is 0 Å². The molecule has 0 saturated carbocycles. The first-order valence-corrected chi connectivity index (χ1v) is 19.8. The lowest BCUT2D eigenvalue weighted by Gasteiger charge is -2.12. The summed E-state index contributed by atoms with van der Waals surface area (Å²) in [6.07, 6.45) is 34.4. The van der Waals surface area contributed by atoms with E-state index in [0.29, 0.717) is 12.8 Å². The molecule has 1 atom stereocenters. The summed E-state index contributed by atoms with van der Waals surface area (Å²) in [7, 11) is 0. The zero-order valence-electron chi connectivity index (χ0n) is 30.7.